The molecule has 0 aliphatic heterocycles. The summed E-state index contributed by atoms with van der Waals surface area (Å²) < 4.78 is 32.7. The zero-order valence-electron chi connectivity index (χ0n) is 15.2. The third kappa shape index (κ3) is 7.63. The molecule has 0 aliphatic carbocycles. The van der Waals surface area contributed by atoms with Crippen molar-refractivity contribution in [3.63, 3.8) is 0 Å². The maximum atomic E-state index is 12.3. The van der Waals surface area contributed by atoms with Crippen LogP contribution in [0.4, 0.5) is 4.79 Å². The lowest BCUT2D eigenvalue weighted by molar-refractivity contribution is 0.0499. The van der Waals surface area contributed by atoms with E-state index in [0.29, 0.717) is 12.3 Å². The van der Waals surface area contributed by atoms with E-state index in [9.17, 15) is 13.2 Å². The van der Waals surface area contributed by atoms with Gasteiger partial charge in [-0.05, 0) is 52.2 Å². The number of carbonyl (C=O) groups excluding carboxylic acids is 1. The molecule has 1 aromatic heterocycles. The molecule has 6 nitrogen and oxygen atoms in total. The van der Waals surface area contributed by atoms with Crippen LogP contribution in [0.3, 0.4) is 0 Å². The van der Waals surface area contributed by atoms with Gasteiger partial charge in [0.1, 0.15) is 9.81 Å². The van der Waals surface area contributed by atoms with E-state index in [1.165, 1.54) is 11.3 Å². The molecule has 0 fully saturated rings. The van der Waals surface area contributed by atoms with Gasteiger partial charge in [-0.3, -0.25) is 0 Å². The van der Waals surface area contributed by atoms with Crippen molar-refractivity contribution in [2.75, 3.05) is 6.54 Å². The number of amides is 1. The molecule has 0 bridgehead atoms. The van der Waals surface area contributed by atoms with Crippen molar-refractivity contribution in [3.8, 4) is 0 Å². The molecule has 8 heteroatoms. The Morgan fingerprint density at radius 1 is 1.29 bits per heavy atom. The number of aryl methyl sites for hydroxylation is 1. The number of hydrogen-bond acceptors (Lipinski definition) is 5. The molecule has 1 amide bonds. The number of sulfonamides is 1. The SMILES string of the molecule is Cc1ccc(S(=O)(=O)NC[C@@H](CC(C)C)NC(=O)OC(C)(C)C)s1. The molecule has 1 atom stereocenters. The van der Waals surface area contributed by atoms with Gasteiger partial charge in [-0.2, -0.15) is 0 Å². The van der Waals surface area contributed by atoms with Crippen molar-refractivity contribution in [2.24, 2.45) is 5.92 Å². The second kappa shape index (κ2) is 8.31. The first-order valence-electron chi connectivity index (χ1n) is 7.94. The van der Waals surface area contributed by atoms with Gasteiger partial charge in [-0.25, -0.2) is 17.9 Å². The van der Waals surface area contributed by atoms with E-state index < -0.39 is 21.7 Å². The van der Waals surface area contributed by atoms with Crippen LogP contribution in [0.25, 0.3) is 0 Å². The number of carbonyl (C=O) groups is 1. The molecular weight excluding hydrogens is 348 g/mol. The van der Waals surface area contributed by atoms with Gasteiger partial charge in [0.25, 0.3) is 0 Å². The van der Waals surface area contributed by atoms with Crippen LogP contribution < -0.4 is 10.0 Å². The fourth-order valence-electron chi connectivity index (χ4n) is 2.07. The summed E-state index contributed by atoms with van der Waals surface area (Å²) in [6, 6.07) is 3.01. The largest absolute Gasteiger partial charge is 0.444 e. The van der Waals surface area contributed by atoms with Gasteiger partial charge in [0.2, 0.25) is 10.0 Å². The normalized spacial score (nSPS) is 13.8. The Morgan fingerprint density at radius 2 is 1.92 bits per heavy atom. The molecule has 1 heterocycles. The van der Waals surface area contributed by atoms with Crippen molar-refractivity contribution in [3.05, 3.63) is 17.0 Å². The van der Waals surface area contributed by atoms with Crippen molar-refractivity contribution < 1.29 is 17.9 Å². The Kier molecular flexibility index (Phi) is 7.25. The summed E-state index contributed by atoms with van der Waals surface area (Å²) in [6.07, 6.45) is 0.102. The fraction of sp³-hybridized carbons (Fsp3) is 0.688. The van der Waals surface area contributed by atoms with E-state index in [1.807, 2.05) is 20.8 Å². The molecule has 138 valence electrons. The van der Waals surface area contributed by atoms with E-state index in [4.69, 9.17) is 4.74 Å². The first-order valence-corrected chi connectivity index (χ1v) is 10.2. The Morgan fingerprint density at radius 3 is 2.38 bits per heavy atom. The molecule has 24 heavy (non-hydrogen) atoms. The Bertz CT molecular complexity index is 645. The third-order valence-corrected chi connectivity index (χ3v) is 5.89. The minimum absolute atomic E-state index is 0.122. The van der Waals surface area contributed by atoms with Gasteiger partial charge in [0.05, 0.1) is 0 Å². The lowest BCUT2D eigenvalue weighted by atomic mass is 10.0. The van der Waals surface area contributed by atoms with Gasteiger partial charge >= 0.3 is 6.09 Å². The van der Waals surface area contributed by atoms with E-state index in [-0.39, 0.29) is 16.8 Å². The van der Waals surface area contributed by atoms with E-state index in [0.717, 1.165) is 4.88 Å². The highest BCUT2D eigenvalue weighted by Crippen LogP contribution is 2.20. The molecule has 0 saturated heterocycles. The fourth-order valence-corrected chi connectivity index (χ4v) is 4.48. The molecule has 0 radical (unpaired) electrons. The van der Waals surface area contributed by atoms with Crippen LogP contribution in [0.2, 0.25) is 0 Å². The summed E-state index contributed by atoms with van der Waals surface area (Å²) in [5.74, 6) is 0.304. The van der Waals surface area contributed by atoms with Crippen LogP contribution >= 0.6 is 11.3 Å². The zero-order valence-corrected chi connectivity index (χ0v) is 16.8. The number of ether oxygens (including phenoxy) is 1. The first kappa shape index (κ1) is 20.9. The predicted molar refractivity (Wildman–Crippen MR) is 96.9 cm³/mol. The summed E-state index contributed by atoms with van der Waals surface area (Å²) in [4.78, 5) is 12.9. The van der Waals surface area contributed by atoms with Crippen molar-refractivity contribution >= 4 is 27.5 Å². The molecule has 0 spiro atoms. The summed E-state index contributed by atoms with van der Waals surface area (Å²) in [7, 11) is -3.56. The highest BCUT2D eigenvalue weighted by Gasteiger charge is 2.23. The lowest BCUT2D eigenvalue weighted by Crippen LogP contribution is -2.46. The minimum atomic E-state index is -3.56. The second-order valence-electron chi connectivity index (χ2n) is 7.19. The van der Waals surface area contributed by atoms with Gasteiger partial charge in [-0.1, -0.05) is 13.8 Å². The molecule has 0 aromatic carbocycles. The van der Waals surface area contributed by atoms with E-state index in [2.05, 4.69) is 10.0 Å². The van der Waals surface area contributed by atoms with Crippen molar-refractivity contribution in [1.29, 1.82) is 0 Å². The van der Waals surface area contributed by atoms with Crippen LogP contribution in [-0.4, -0.2) is 32.7 Å². The van der Waals surface area contributed by atoms with Gasteiger partial charge in [0.15, 0.2) is 0 Å². The first-order chi connectivity index (χ1) is 10.9. The maximum Gasteiger partial charge on any atom is 0.407 e. The summed E-state index contributed by atoms with van der Waals surface area (Å²) in [5.41, 5.74) is -0.597. The third-order valence-electron chi connectivity index (χ3n) is 2.98. The number of thiophene rings is 1. The van der Waals surface area contributed by atoms with Gasteiger partial charge < -0.3 is 10.1 Å². The van der Waals surface area contributed by atoms with E-state index >= 15 is 0 Å². The summed E-state index contributed by atoms with van der Waals surface area (Å²) >= 11 is 1.22. The van der Waals surface area contributed by atoms with Crippen molar-refractivity contribution in [2.45, 2.75) is 63.8 Å². The standard InChI is InChI=1S/C16H28N2O4S2/c1-11(2)9-13(18-15(19)22-16(4,5)6)10-17-24(20,21)14-8-7-12(3)23-14/h7-8,11,13,17H,9-10H2,1-6H3,(H,18,19)/t13-/m1/s1. The van der Waals surface area contributed by atoms with Gasteiger partial charge in [0, 0.05) is 17.5 Å². The quantitative estimate of drug-likeness (QED) is 0.765. The van der Waals surface area contributed by atoms with Crippen LogP contribution in [-0.2, 0) is 14.8 Å². The molecular formula is C16H28N2O4S2. The highest BCUT2D eigenvalue weighted by atomic mass is 32.2. The average molecular weight is 377 g/mol. The maximum absolute atomic E-state index is 12.3. The summed E-state index contributed by atoms with van der Waals surface area (Å²) in [6.45, 7) is 11.4. The Balaban J connectivity index is 2.71. The Hall–Kier alpha value is -1.12. The second-order valence-corrected chi connectivity index (χ2v) is 10.5. The lowest BCUT2D eigenvalue weighted by Gasteiger charge is -2.24. The predicted octanol–water partition coefficient (Wildman–Crippen LogP) is 3.27. The number of rotatable bonds is 7. The topological polar surface area (TPSA) is 84.5 Å². The molecule has 0 aliphatic rings. The molecule has 1 aromatic rings. The highest BCUT2D eigenvalue weighted by molar-refractivity contribution is 7.91. The monoisotopic (exact) mass is 376 g/mol. The molecule has 0 saturated carbocycles. The minimum Gasteiger partial charge on any atom is -0.444 e. The van der Waals surface area contributed by atoms with Crippen LogP contribution in [0, 0.1) is 12.8 Å². The Labute approximate surface area is 149 Å². The number of hydrogen-bond donors (Lipinski definition) is 2. The zero-order chi connectivity index (χ0) is 18.5. The van der Waals surface area contributed by atoms with Crippen LogP contribution in [0.15, 0.2) is 16.3 Å². The summed E-state index contributed by atoms with van der Waals surface area (Å²) in [5, 5.41) is 2.75. The van der Waals surface area contributed by atoms with Crippen molar-refractivity contribution in [1.82, 2.24) is 10.0 Å². The number of alkyl carbamates (subject to hydrolysis) is 1. The number of nitrogens with one attached hydrogen (secondary N) is 2. The van der Waals surface area contributed by atoms with Gasteiger partial charge in [-0.15, -0.1) is 11.3 Å². The van der Waals surface area contributed by atoms with Crippen LogP contribution in [0.1, 0.15) is 45.9 Å². The molecule has 1 rings (SSSR count). The van der Waals surface area contributed by atoms with E-state index in [1.54, 1.807) is 32.9 Å². The molecule has 2 N–H and O–H groups in total. The average Bonchev–Trinajstić information content (AvgIpc) is 2.80. The molecule has 0 unspecified atom stereocenters. The van der Waals surface area contributed by atoms with Crippen LogP contribution in [0.5, 0.6) is 0 Å². The smallest absolute Gasteiger partial charge is 0.407 e.